The van der Waals surface area contributed by atoms with Gasteiger partial charge in [0.15, 0.2) is 0 Å². The van der Waals surface area contributed by atoms with Gasteiger partial charge in [-0.15, -0.1) is 0 Å². The van der Waals surface area contributed by atoms with Crippen LogP contribution < -0.4 is 10.2 Å². The molecule has 0 aromatic heterocycles. The highest BCUT2D eigenvalue weighted by molar-refractivity contribution is 7.99. The first-order valence-electron chi connectivity index (χ1n) is 8.08. The summed E-state index contributed by atoms with van der Waals surface area (Å²) in [6.45, 7) is 6.95. The first-order valence-corrected chi connectivity index (χ1v) is 9.37. The number of nitrogens with zero attached hydrogens (tertiary/aromatic N) is 1. The Morgan fingerprint density at radius 1 is 1.35 bits per heavy atom. The summed E-state index contributed by atoms with van der Waals surface area (Å²) in [6.07, 6.45) is 1.99. The number of aliphatic hydroxyl groups excluding tert-OH is 1. The van der Waals surface area contributed by atoms with Gasteiger partial charge in [-0.3, -0.25) is 0 Å². The zero-order valence-electron chi connectivity index (χ0n) is 14.1. The van der Waals surface area contributed by atoms with Crippen molar-refractivity contribution in [2.24, 2.45) is 0 Å². The SMILES string of the molecule is CSC(CO)C(C)NC(C)c1ccc(N2CCOCC2)c(F)c1. The highest BCUT2D eigenvalue weighted by Gasteiger charge is 2.20. The van der Waals surface area contributed by atoms with Crippen LogP contribution in [0.4, 0.5) is 10.1 Å². The summed E-state index contributed by atoms with van der Waals surface area (Å²) in [4.78, 5) is 2.03. The van der Waals surface area contributed by atoms with E-state index in [-0.39, 0.29) is 29.8 Å². The van der Waals surface area contributed by atoms with E-state index < -0.39 is 0 Å². The molecule has 4 nitrogen and oxygen atoms in total. The Hall–Kier alpha value is -0.820. The van der Waals surface area contributed by atoms with Gasteiger partial charge in [-0.1, -0.05) is 6.07 Å². The molecule has 6 heteroatoms. The standard InChI is InChI=1S/C17H27FN2O2S/c1-12(19-13(2)17(11-21)23-3)14-4-5-16(15(18)10-14)20-6-8-22-9-7-20/h4-5,10,12-13,17,19,21H,6-9,11H2,1-3H3. The molecule has 130 valence electrons. The average molecular weight is 342 g/mol. The van der Waals surface area contributed by atoms with Gasteiger partial charge in [-0.25, -0.2) is 4.39 Å². The van der Waals surface area contributed by atoms with Gasteiger partial charge in [0.2, 0.25) is 0 Å². The van der Waals surface area contributed by atoms with Crippen molar-refractivity contribution in [1.82, 2.24) is 5.32 Å². The van der Waals surface area contributed by atoms with Crippen LogP contribution in [0.1, 0.15) is 25.5 Å². The van der Waals surface area contributed by atoms with Crippen molar-refractivity contribution in [3.8, 4) is 0 Å². The maximum absolute atomic E-state index is 14.5. The summed E-state index contributed by atoms with van der Waals surface area (Å²) in [5.41, 5.74) is 1.57. The second kappa shape index (κ2) is 8.87. The minimum absolute atomic E-state index is 0.0273. The first kappa shape index (κ1) is 18.5. The second-order valence-electron chi connectivity index (χ2n) is 5.94. The molecule has 3 atom stereocenters. The van der Waals surface area contributed by atoms with Crippen molar-refractivity contribution in [1.29, 1.82) is 0 Å². The predicted molar refractivity (Wildman–Crippen MR) is 94.8 cm³/mol. The number of anilines is 1. The van der Waals surface area contributed by atoms with Gasteiger partial charge in [-0.2, -0.15) is 11.8 Å². The van der Waals surface area contributed by atoms with E-state index in [4.69, 9.17) is 4.74 Å². The molecule has 0 spiro atoms. The van der Waals surface area contributed by atoms with Crippen molar-refractivity contribution in [3.05, 3.63) is 29.6 Å². The molecular weight excluding hydrogens is 315 g/mol. The van der Waals surface area contributed by atoms with Crippen LogP contribution in [0.25, 0.3) is 0 Å². The Morgan fingerprint density at radius 3 is 2.61 bits per heavy atom. The van der Waals surface area contributed by atoms with Crippen molar-refractivity contribution in [2.45, 2.75) is 31.2 Å². The van der Waals surface area contributed by atoms with Crippen molar-refractivity contribution in [2.75, 3.05) is 44.1 Å². The summed E-state index contributed by atoms with van der Waals surface area (Å²) in [5, 5.41) is 12.9. The summed E-state index contributed by atoms with van der Waals surface area (Å²) >= 11 is 1.63. The number of benzene rings is 1. The Bertz CT molecular complexity index is 493. The molecule has 1 aliphatic heterocycles. The smallest absolute Gasteiger partial charge is 0.146 e. The lowest BCUT2D eigenvalue weighted by molar-refractivity contribution is 0.122. The Labute approximate surface area is 142 Å². The molecule has 0 radical (unpaired) electrons. The number of nitrogens with one attached hydrogen (secondary N) is 1. The monoisotopic (exact) mass is 342 g/mol. The Kier molecular flexibility index (Phi) is 7.14. The topological polar surface area (TPSA) is 44.7 Å². The molecule has 0 bridgehead atoms. The average Bonchev–Trinajstić information content (AvgIpc) is 2.56. The maximum Gasteiger partial charge on any atom is 0.146 e. The van der Waals surface area contributed by atoms with Crippen LogP contribution in [0.2, 0.25) is 0 Å². The Balaban J connectivity index is 2.03. The zero-order valence-corrected chi connectivity index (χ0v) is 14.9. The lowest BCUT2D eigenvalue weighted by Gasteiger charge is -2.30. The van der Waals surface area contributed by atoms with Crippen LogP contribution in [0.15, 0.2) is 18.2 Å². The van der Waals surface area contributed by atoms with Crippen molar-refractivity contribution in [3.63, 3.8) is 0 Å². The lowest BCUT2D eigenvalue weighted by Crippen LogP contribution is -2.39. The molecule has 0 saturated carbocycles. The molecule has 1 heterocycles. The molecule has 0 amide bonds. The van der Waals surface area contributed by atoms with Gasteiger partial charge in [-0.05, 0) is 37.8 Å². The van der Waals surface area contributed by atoms with Crippen molar-refractivity contribution >= 4 is 17.4 Å². The van der Waals surface area contributed by atoms with Gasteiger partial charge >= 0.3 is 0 Å². The van der Waals surface area contributed by atoms with Gasteiger partial charge in [0, 0.05) is 30.4 Å². The molecule has 1 saturated heterocycles. The molecule has 23 heavy (non-hydrogen) atoms. The van der Waals surface area contributed by atoms with Crippen LogP contribution in [-0.2, 0) is 4.74 Å². The summed E-state index contributed by atoms with van der Waals surface area (Å²) in [6, 6.07) is 5.62. The highest BCUT2D eigenvalue weighted by atomic mass is 32.2. The molecule has 1 aromatic rings. The van der Waals surface area contributed by atoms with E-state index in [1.807, 2.05) is 37.1 Å². The fourth-order valence-electron chi connectivity index (χ4n) is 2.89. The van der Waals surface area contributed by atoms with E-state index in [9.17, 15) is 9.50 Å². The summed E-state index contributed by atoms with van der Waals surface area (Å²) < 4.78 is 19.8. The van der Waals surface area contributed by atoms with E-state index in [1.165, 1.54) is 0 Å². The molecule has 1 aliphatic rings. The molecule has 0 aliphatic carbocycles. The normalized spacial score (nSPS) is 19.4. The third-order valence-electron chi connectivity index (χ3n) is 4.38. The van der Waals surface area contributed by atoms with Crippen LogP contribution in [0, 0.1) is 5.82 Å². The van der Waals surface area contributed by atoms with E-state index in [2.05, 4.69) is 5.32 Å². The van der Waals surface area contributed by atoms with E-state index in [1.54, 1.807) is 17.8 Å². The maximum atomic E-state index is 14.5. The number of hydrogen-bond donors (Lipinski definition) is 2. The van der Waals surface area contributed by atoms with Gasteiger partial charge in [0.25, 0.3) is 0 Å². The number of rotatable bonds is 7. The molecule has 3 unspecified atom stereocenters. The summed E-state index contributed by atoms with van der Waals surface area (Å²) in [5.74, 6) is -0.186. The number of ether oxygens (including phenoxy) is 1. The number of halogens is 1. The first-order chi connectivity index (χ1) is 11.1. The molecule has 2 N–H and O–H groups in total. The van der Waals surface area contributed by atoms with Crippen LogP contribution in [0.5, 0.6) is 0 Å². The molecule has 1 aromatic carbocycles. The number of hydrogen-bond acceptors (Lipinski definition) is 5. The van der Waals surface area contributed by atoms with E-state index in [0.717, 1.165) is 18.7 Å². The second-order valence-corrected chi connectivity index (χ2v) is 7.02. The minimum atomic E-state index is -0.186. The molecule has 1 fully saturated rings. The highest BCUT2D eigenvalue weighted by Crippen LogP contribution is 2.25. The van der Waals surface area contributed by atoms with Crippen molar-refractivity contribution < 1.29 is 14.2 Å². The number of thioether (sulfide) groups is 1. The predicted octanol–water partition coefficient (Wildman–Crippen LogP) is 2.43. The molecule has 2 rings (SSSR count). The zero-order chi connectivity index (χ0) is 16.8. The fourth-order valence-corrected chi connectivity index (χ4v) is 3.52. The van der Waals surface area contributed by atoms with E-state index in [0.29, 0.717) is 18.9 Å². The Morgan fingerprint density at radius 2 is 2.04 bits per heavy atom. The van der Waals surface area contributed by atoms with Crippen LogP contribution in [0.3, 0.4) is 0 Å². The molecular formula is C17H27FN2O2S. The fraction of sp³-hybridized carbons (Fsp3) is 0.647. The van der Waals surface area contributed by atoms with Gasteiger partial charge in [0.05, 0.1) is 25.5 Å². The third kappa shape index (κ3) is 4.83. The van der Waals surface area contributed by atoms with Crippen LogP contribution >= 0.6 is 11.8 Å². The van der Waals surface area contributed by atoms with E-state index >= 15 is 0 Å². The summed E-state index contributed by atoms with van der Waals surface area (Å²) in [7, 11) is 0. The van der Waals surface area contributed by atoms with Gasteiger partial charge in [0.1, 0.15) is 5.82 Å². The quantitative estimate of drug-likeness (QED) is 0.797. The lowest BCUT2D eigenvalue weighted by atomic mass is 10.1. The third-order valence-corrected chi connectivity index (χ3v) is 5.54. The number of aliphatic hydroxyl groups is 1. The van der Waals surface area contributed by atoms with Gasteiger partial charge < -0.3 is 20.1 Å². The largest absolute Gasteiger partial charge is 0.395 e. The minimum Gasteiger partial charge on any atom is -0.395 e. The van der Waals surface area contributed by atoms with Crippen LogP contribution in [-0.4, -0.2) is 55.6 Å². The number of morpholine rings is 1.